The van der Waals surface area contributed by atoms with E-state index in [1.54, 1.807) is 30.3 Å². The molecule has 3 rings (SSSR count). The monoisotopic (exact) mass is 348 g/mol. The number of fused-ring (bicyclic) bond motifs is 1. The van der Waals surface area contributed by atoms with Crippen molar-refractivity contribution >= 4 is 17.8 Å². The zero-order chi connectivity index (χ0) is 18.2. The molecule has 1 saturated heterocycles. The Morgan fingerprint density at radius 1 is 1.24 bits per heavy atom. The van der Waals surface area contributed by atoms with Crippen LogP contribution in [-0.4, -0.2) is 47.7 Å². The minimum Gasteiger partial charge on any atom is -0.495 e. The van der Waals surface area contributed by atoms with Crippen molar-refractivity contribution in [1.82, 2.24) is 15.3 Å². The minimum atomic E-state index is -0.504. The van der Waals surface area contributed by atoms with Crippen LogP contribution in [0.3, 0.4) is 0 Å². The van der Waals surface area contributed by atoms with Gasteiger partial charge in [0.1, 0.15) is 17.2 Å². The number of ether oxygens (including phenoxy) is 2. The highest BCUT2D eigenvalue weighted by Crippen LogP contribution is 2.51. The van der Waals surface area contributed by atoms with Crippen LogP contribution >= 0.6 is 0 Å². The van der Waals surface area contributed by atoms with E-state index >= 15 is 0 Å². The quantitative estimate of drug-likeness (QED) is 0.804. The molecule has 0 bridgehead atoms. The van der Waals surface area contributed by atoms with Gasteiger partial charge < -0.3 is 14.4 Å². The van der Waals surface area contributed by atoms with Gasteiger partial charge in [0.15, 0.2) is 0 Å². The summed E-state index contributed by atoms with van der Waals surface area (Å²) in [5.41, 5.74) is 4.98. The third-order valence-electron chi connectivity index (χ3n) is 4.43. The molecule has 8 heteroatoms. The molecule has 2 aliphatic rings. The Morgan fingerprint density at radius 3 is 2.44 bits per heavy atom. The first-order valence-electron chi connectivity index (χ1n) is 8.32. The average Bonchev–Trinajstić information content (AvgIpc) is 3.05. The maximum absolute atomic E-state index is 12.3. The van der Waals surface area contributed by atoms with Crippen LogP contribution in [0.5, 0.6) is 5.75 Å². The summed E-state index contributed by atoms with van der Waals surface area (Å²) >= 11 is 0. The van der Waals surface area contributed by atoms with E-state index in [9.17, 15) is 9.59 Å². The maximum Gasteiger partial charge on any atom is 0.410 e. The Bertz CT molecular complexity index is 644. The number of nitrogens with one attached hydrogen (secondary N) is 2. The molecule has 1 aliphatic carbocycles. The molecule has 1 saturated carbocycles. The van der Waals surface area contributed by atoms with Gasteiger partial charge in [-0.15, -0.1) is 0 Å². The Hall–Kier alpha value is -2.51. The molecule has 136 valence electrons. The van der Waals surface area contributed by atoms with Crippen LogP contribution < -0.4 is 15.6 Å². The third kappa shape index (κ3) is 3.94. The van der Waals surface area contributed by atoms with Gasteiger partial charge in [-0.3, -0.25) is 15.6 Å². The molecule has 8 nitrogen and oxygen atoms in total. The van der Waals surface area contributed by atoms with Crippen LogP contribution in [0.4, 0.5) is 10.6 Å². The van der Waals surface area contributed by atoms with Gasteiger partial charge in [-0.2, -0.15) is 0 Å². The number of aromatic nitrogens is 1. The SMILES string of the molecule is COc1ccc(NNC(=O)C2C3CN(C(=O)OC(C)(C)C)C[C@@H]32)nc1. The maximum atomic E-state index is 12.3. The summed E-state index contributed by atoms with van der Waals surface area (Å²) in [7, 11) is 1.57. The molecule has 25 heavy (non-hydrogen) atoms. The summed E-state index contributed by atoms with van der Waals surface area (Å²) in [4.78, 5) is 30.1. The second-order valence-electron chi connectivity index (χ2n) is 7.44. The van der Waals surface area contributed by atoms with Gasteiger partial charge in [-0.05, 0) is 44.7 Å². The van der Waals surface area contributed by atoms with E-state index in [0.29, 0.717) is 24.7 Å². The molecule has 1 aromatic rings. The molecule has 0 aromatic carbocycles. The Labute approximate surface area is 146 Å². The van der Waals surface area contributed by atoms with Gasteiger partial charge in [0.05, 0.1) is 13.3 Å². The number of carbonyl (C=O) groups excluding carboxylic acids is 2. The number of hydrazine groups is 1. The second-order valence-corrected chi connectivity index (χ2v) is 7.44. The number of nitrogens with zero attached hydrogens (tertiary/aromatic N) is 2. The molecule has 1 aromatic heterocycles. The number of hydrogen-bond donors (Lipinski definition) is 2. The molecule has 2 unspecified atom stereocenters. The minimum absolute atomic E-state index is 0.0653. The van der Waals surface area contributed by atoms with Crippen molar-refractivity contribution in [3.8, 4) is 5.75 Å². The van der Waals surface area contributed by atoms with Crippen molar-refractivity contribution in [3.05, 3.63) is 18.3 Å². The van der Waals surface area contributed by atoms with Gasteiger partial charge in [0.25, 0.3) is 0 Å². The molecule has 0 spiro atoms. The number of rotatable bonds is 4. The van der Waals surface area contributed by atoms with E-state index in [2.05, 4.69) is 15.8 Å². The van der Waals surface area contributed by atoms with E-state index in [1.165, 1.54) is 0 Å². The van der Waals surface area contributed by atoms with Crippen molar-refractivity contribution in [1.29, 1.82) is 0 Å². The first kappa shape index (κ1) is 17.3. The largest absolute Gasteiger partial charge is 0.495 e. The Balaban J connectivity index is 1.44. The third-order valence-corrected chi connectivity index (χ3v) is 4.43. The van der Waals surface area contributed by atoms with E-state index in [0.717, 1.165) is 0 Å². The van der Waals surface area contributed by atoms with Crippen molar-refractivity contribution < 1.29 is 19.1 Å². The molecule has 2 amide bonds. The van der Waals surface area contributed by atoms with Gasteiger partial charge in [-0.1, -0.05) is 0 Å². The summed E-state index contributed by atoms with van der Waals surface area (Å²) in [5.74, 6) is 1.46. The van der Waals surface area contributed by atoms with Gasteiger partial charge in [0.2, 0.25) is 5.91 Å². The molecular formula is C17H24N4O4. The lowest BCUT2D eigenvalue weighted by molar-refractivity contribution is -0.122. The van der Waals surface area contributed by atoms with Crippen molar-refractivity contribution in [3.63, 3.8) is 0 Å². The van der Waals surface area contributed by atoms with Crippen LogP contribution in [-0.2, 0) is 9.53 Å². The lowest BCUT2D eigenvalue weighted by Gasteiger charge is -2.25. The van der Waals surface area contributed by atoms with Crippen molar-refractivity contribution in [2.75, 3.05) is 25.6 Å². The van der Waals surface area contributed by atoms with Gasteiger partial charge in [0, 0.05) is 19.0 Å². The fourth-order valence-corrected chi connectivity index (χ4v) is 3.17. The summed E-state index contributed by atoms with van der Waals surface area (Å²) in [6.07, 6.45) is 1.26. The predicted octanol–water partition coefficient (Wildman–Crippen LogP) is 1.65. The summed E-state index contributed by atoms with van der Waals surface area (Å²) in [6, 6.07) is 3.48. The van der Waals surface area contributed by atoms with Crippen molar-refractivity contribution in [2.45, 2.75) is 26.4 Å². The van der Waals surface area contributed by atoms with E-state index in [1.807, 2.05) is 20.8 Å². The number of amides is 2. The number of methoxy groups -OCH3 is 1. The number of hydrogen-bond acceptors (Lipinski definition) is 6. The number of anilines is 1. The first-order chi connectivity index (χ1) is 11.8. The smallest absolute Gasteiger partial charge is 0.410 e. The van der Waals surface area contributed by atoms with Crippen LogP contribution in [0.25, 0.3) is 0 Å². The zero-order valence-electron chi connectivity index (χ0n) is 14.9. The zero-order valence-corrected chi connectivity index (χ0v) is 14.9. The summed E-state index contributed by atoms with van der Waals surface area (Å²) in [6.45, 7) is 6.67. The molecule has 2 fully saturated rings. The lowest BCUT2D eigenvalue weighted by atomic mass is 10.2. The van der Waals surface area contributed by atoms with Crippen molar-refractivity contribution in [2.24, 2.45) is 17.8 Å². The Kier molecular flexibility index (Phi) is 4.45. The number of piperidine rings is 1. The number of likely N-dealkylation sites (tertiary alicyclic amines) is 1. The predicted molar refractivity (Wildman–Crippen MR) is 90.8 cm³/mol. The first-order valence-corrected chi connectivity index (χ1v) is 8.32. The topological polar surface area (TPSA) is 92.8 Å². The molecule has 1 aliphatic heterocycles. The molecular weight excluding hydrogens is 324 g/mol. The van der Waals surface area contributed by atoms with Gasteiger partial charge in [-0.25, -0.2) is 9.78 Å². The van der Waals surface area contributed by atoms with Crippen LogP contribution in [0.15, 0.2) is 18.3 Å². The highest BCUT2D eigenvalue weighted by atomic mass is 16.6. The van der Waals surface area contributed by atoms with Crippen LogP contribution in [0.1, 0.15) is 20.8 Å². The average molecular weight is 348 g/mol. The Morgan fingerprint density at radius 2 is 1.92 bits per heavy atom. The molecule has 0 radical (unpaired) electrons. The molecule has 2 N–H and O–H groups in total. The molecule has 2 heterocycles. The normalized spacial score (nSPS) is 24.3. The van der Waals surface area contributed by atoms with E-state index in [-0.39, 0.29) is 29.8 Å². The second kappa shape index (κ2) is 6.42. The highest BCUT2D eigenvalue weighted by molar-refractivity contribution is 5.84. The summed E-state index contributed by atoms with van der Waals surface area (Å²) in [5, 5.41) is 0. The highest BCUT2D eigenvalue weighted by Gasteiger charge is 2.60. The van der Waals surface area contributed by atoms with Gasteiger partial charge >= 0.3 is 6.09 Å². The fraction of sp³-hybridized carbons (Fsp3) is 0.588. The summed E-state index contributed by atoms with van der Waals surface area (Å²) < 4.78 is 10.4. The fourth-order valence-electron chi connectivity index (χ4n) is 3.17. The number of carbonyl (C=O) groups is 2. The number of pyridine rings is 1. The molecule has 3 atom stereocenters. The standard InChI is InChI=1S/C17H24N4O4/c1-17(2,3)25-16(23)21-8-11-12(9-21)14(11)15(22)20-19-13-6-5-10(24-4)7-18-13/h5-7,11-12,14H,8-9H2,1-4H3,(H,18,19)(H,20,22)/t11-,12?,14?/m0/s1. The van der Waals surface area contributed by atoms with E-state index < -0.39 is 5.60 Å². The van der Waals surface area contributed by atoms with E-state index in [4.69, 9.17) is 9.47 Å². The van der Waals surface area contributed by atoms with Crippen LogP contribution in [0.2, 0.25) is 0 Å². The lowest BCUT2D eigenvalue weighted by Crippen LogP contribution is -2.39. The van der Waals surface area contributed by atoms with Crippen LogP contribution in [0, 0.1) is 17.8 Å².